The highest BCUT2D eigenvalue weighted by Gasteiger charge is 2.10. The second-order valence-corrected chi connectivity index (χ2v) is 4.90. The first-order chi connectivity index (χ1) is 7.18. The smallest absolute Gasteiger partial charge is 0.296 e. The lowest BCUT2D eigenvalue weighted by Crippen LogP contribution is -2.19. The molecular weight excluding hydrogens is 230 g/mol. The van der Waals surface area contributed by atoms with Crippen LogP contribution in [-0.4, -0.2) is 10.4 Å². The number of aryl methyl sites for hydroxylation is 1. The van der Waals surface area contributed by atoms with Gasteiger partial charge in [0.15, 0.2) is 5.78 Å². The zero-order valence-corrected chi connectivity index (χ0v) is 9.73. The molecule has 0 N–H and O–H groups in total. The van der Waals surface area contributed by atoms with Gasteiger partial charge in [-0.15, -0.1) is 11.3 Å². The van der Waals surface area contributed by atoms with Crippen LogP contribution in [0.25, 0.3) is 0 Å². The molecule has 0 radical (unpaired) electrons. The molecule has 0 aliphatic rings. The molecule has 5 heteroatoms. The van der Waals surface area contributed by atoms with Crippen LogP contribution in [0.1, 0.15) is 15.4 Å². The minimum Gasteiger partial charge on any atom is -0.296 e. The van der Waals surface area contributed by atoms with E-state index in [1.165, 1.54) is 15.9 Å². The van der Waals surface area contributed by atoms with E-state index in [2.05, 4.69) is 0 Å². The Bertz CT molecular complexity index is 522. The molecule has 0 saturated carbocycles. The molecule has 3 nitrogen and oxygen atoms in total. The monoisotopic (exact) mass is 239 g/mol. The molecule has 0 atom stereocenters. The fraction of sp³-hybridized carbons (Fsp3) is 0.200. The van der Waals surface area contributed by atoms with Gasteiger partial charge >= 0.3 is 4.87 Å². The Labute approximate surface area is 94.6 Å². The number of carbonyl (C=O) groups excluding carboxylic acids is 1. The van der Waals surface area contributed by atoms with Crippen LogP contribution in [0.5, 0.6) is 0 Å². The van der Waals surface area contributed by atoms with Gasteiger partial charge in [0.25, 0.3) is 0 Å². The fourth-order valence-electron chi connectivity index (χ4n) is 1.25. The summed E-state index contributed by atoms with van der Waals surface area (Å²) in [5.74, 6) is -0.00593. The van der Waals surface area contributed by atoms with Crippen LogP contribution < -0.4 is 4.87 Å². The summed E-state index contributed by atoms with van der Waals surface area (Å²) in [5.41, 5.74) is 0.843. The molecule has 0 aliphatic carbocycles. The Hall–Kier alpha value is -1.20. The Morgan fingerprint density at radius 3 is 2.80 bits per heavy atom. The van der Waals surface area contributed by atoms with Crippen molar-refractivity contribution in [2.24, 2.45) is 0 Å². The van der Waals surface area contributed by atoms with E-state index in [1.807, 2.05) is 18.4 Å². The molecule has 0 saturated heterocycles. The van der Waals surface area contributed by atoms with E-state index in [4.69, 9.17) is 0 Å². The molecule has 0 bridgehead atoms. The van der Waals surface area contributed by atoms with Crippen molar-refractivity contribution in [2.75, 3.05) is 0 Å². The molecule has 78 valence electrons. The summed E-state index contributed by atoms with van der Waals surface area (Å²) < 4.78 is 1.51. The Morgan fingerprint density at radius 2 is 2.27 bits per heavy atom. The maximum Gasteiger partial charge on any atom is 0.307 e. The van der Waals surface area contributed by atoms with Gasteiger partial charge in [0.05, 0.1) is 11.4 Å². The average Bonchev–Trinajstić information content (AvgIpc) is 2.82. The summed E-state index contributed by atoms with van der Waals surface area (Å²) in [5, 5.41) is 3.63. The Morgan fingerprint density at radius 1 is 1.47 bits per heavy atom. The molecule has 0 aliphatic heterocycles. The fourth-order valence-corrected chi connectivity index (χ4v) is 2.65. The van der Waals surface area contributed by atoms with Gasteiger partial charge in [-0.25, -0.2) is 0 Å². The molecule has 0 unspecified atom stereocenters. The molecule has 0 spiro atoms. The van der Waals surface area contributed by atoms with Gasteiger partial charge in [0, 0.05) is 11.1 Å². The zero-order chi connectivity index (χ0) is 10.8. The van der Waals surface area contributed by atoms with Crippen molar-refractivity contribution >= 4 is 28.5 Å². The second kappa shape index (κ2) is 4.12. The molecule has 2 heterocycles. The highest BCUT2D eigenvalue weighted by molar-refractivity contribution is 7.12. The molecule has 0 fully saturated rings. The van der Waals surface area contributed by atoms with Gasteiger partial charge in [0.1, 0.15) is 0 Å². The van der Waals surface area contributed by atoms with E-state index in [0.29, 0.717) is 4.88 Å². The molecule has 2 aromatic heterocycles. The first-order valence-corrected chi connectivity index (χ1v) is 6.16. The number of nitrogens with zero attached hydrogens (tertiary/aromatic N) is 1. The van der Waals surface area contributed by atoms with Crippen LogP contribution >= 0.6 is 22.7 Å². The van der Waals surface area contributed by atoms with Crippen molar-refractivity contribution in [3.05, 3.63) is 43.1 Å². The third-order valence-electron chi connectivity index (χ3n) is 2.07. The second-order valence-electron chi connectivity index (χ2n) is 3.13. The Kier molecular flexibility index (Phi) is 2.83. The number of hydrogen-bond donors (Lipinski definition) is 0. The highest BCUT2D eigenvalue weighted by Crippen LogP contribution is 2.11. The van der Waals surface area contributed by atoms with Gasteiger partial charge in [-0.1, -0.05) is 17.4 Å². The van der Waals surface area contributed by atoms with Gasteiger partial charge in [-0.2, -0.15) is 0 Å². The number of rotatable bonds is 3. The van der Waals surface area contributed by atoms with Crippen LogP contribution in [0.2, 0.25) is 0 Å². The van der Waals surface area contributed by atoms with E-state index >= 15 is 0 Å². The summed E-state index contributed by atoms with van der Waals surface area (Å²) in [7, 11) is 0. The number of aromatic nitrogens is 1. The van der Waals surface area contributed by atoms with Crippen molar-refractivity contribution in [2.45, 2.75) is 13.5 Å². The largest absolute Gasteiger partial charge is 0.307 e. The summed E-state index contributed by atoms with van der Waals surface area (Å²) in [4.78, 5) is 23.7. The highest BCUT2D eigenvalue weighted by atomic mass is 32.1. The van der Waals surface area contributed by atoms with Crippen LogP contribution in [0, 0.1) is 6.92 Å². The summed E-state index contributed by atoms with van der Waals surface area (Å²) in [6.07, 6.45) is 0. The van der Waals surface area contributed by atoms with E-state index in [9.17, 15) is 9.59 Å². The number of ketones is 1. The van der Waals surface area contributed by atoms with E-state index in [0.717, 1.165) is 17.0 Å². The minimum absolute atomic E-state index is 0.00593. The lowest BCUT2D eigenvalue weighted by Gasteiger charge is -2.01. The van der Waals surface area contributed by atoms with Crippen molar-refractivity contribution in [1.82, 2.24) is 4.57 Å². The van der Waals surface area contributed by atoms with Crippen LogP contribution in [0.15, 0.2) is 27.7 Å². The van der Waals surface area contributed by atoms with Gasteiger partial charge in [-0.05, 0) is 18.4 Å². The third-order valence-corrected chi connectivity index (χ3v) is 3.87. The summed E-state index contributed by atoms with van der Waals surface area (Å²) >= 11 is 2.53. The zero-order valence-electron chi connectivity index (χ0n) is 8.10. The Balaban J connectivity index is 2.24. The van der Waals surface area contributed by atoms with E-state index in [1.54, 1.807) is 11.4 Å². The molecular formula is C10H9NO2S2. The maximum absolute atomic E-state index is 11.7. The lowest BCUT2D eigenvalue weighted by molar-refractivity contribution is 0.0974. The maximum atomic E-state index is 11.7. The predicted molar refractivity (Wildman–Crippen MR) is 62.0 cm³/mol. The molecule has 2 aromatic rings. The number of hydrogen-bond acceptors (Lipinski definition) is 4. The molecule has 0 aromatic carbocycles. The first kappa shape index (κ1) is 10.3. The average molecular weight is 239 g/mol. The number of Topliss-reactive ketones (excluding diaryl/α,β-unsaturated/α-hetero) is 1. The van der Waals surface area contributed by atoms with Crippen molar-refractivity contribution in [3.63, 3.8) is 0 Å². The van der Waals surface area contributed by atoms with E-state index in [-0.39, 0.29) is 17.2 Å². The third kappa shape index (κ3) is 2.08. The van der Waals surface area contributed by atoms with Crippen LogP contribution in [-0.2, 0) is 6.54 Å². The normalized spacial score (nSPS) is 10.5. The molecule has 0 amide bonds. The standard InChI is InChI=1S/C10H9NO2S2/c1-7-6-15-10(13)11(7)5-8(12)9-3-2-4-14-9/h2-4,6H,5H2,1H3. The topological polar surface area (TPSA) is 39.1 Å². The lowest BCUT2D eigenvalue weighted by atomic mass is 10.3. The SMILES string of the molecule is Cc1csc(=O)n1CC(=O)c1cccs1. The molecule has 15 heavy (non-hydrogen) atoms. The number of thiophene rings is 1. The summed E-state index contributed by atoms with van der Waals surface area (Å²) in [6.45, 7) is 1.98. The predicted octanol–water partition coefficient (Wildman–Crippen LogP) is 2.16. The number of thiazole rings is 1. The van der Waals surface area contributed by atoms with E-state index < -0.39 is 0 Å². The van der Waals surface area contributed by atoms with Gasteiger partial charge < -0.3 is 0 Å². The van der Waals surface area contributed by atoms with Gasteiger partial charge in [0.2, 0.25) is 0 Å². The minimum atomic E-state index is -0.0718. The van der Waals surface area contributed by atoms with Crippen molar-refractivity contribution in [3.8, 4) is 0 Å². The summed E-state index contributed by atoms with van der Waals surface area (Å²) in [6, 6.07) is 3.61. The number of carbonyl (C=O) groups is 1. The quantitative estimate of drug-likeness (QED) is 0.770. The van der Waals surface area contributed by atoms with Crippen molar-refractivity contribution in [1.29, 1.82) is 0 Å². The van der Waals surface area contributed by atoms with Gasteiger partial charge in [-0.3, -0.25) is 14.2 Å². The first-order valence-electron chi connectivity index (χ1n) is 4.40. The van der Waals surface area contributed by atoms with Crippen LogP contribution in [0.4, 0.5) is 0 Å². The van der Waals surface area contributed by atoms with Crippen molar-refractivity contribution < 1.29 is 4.79 Å². The molecule has 2 rings (SSSR count). The van der Waals surface area contributed by atoms with Crippen LogP contribution in [0.3, 0.4) is 0 Å².